The average Bonchev–Trinajstić information content (AvgIpc) is 2.99. The van der Waals surface area contributed by atoms with Gasteiger partial charge >= 0.3 is 5.97 Å². The van der Waals surface area contributed by atoms with Crippen molar-refractivity contribution < 1.29 is 17.9 Å². The molecule has 2 aromatic rings. The zero-order chi connectivity index (χ0) is 18.6. The second-order valence-electron chi connectivity index (χ2n) is 5.65. The third kappa shape index (κ3) is 5.16. The summed E-state index contributed by atoms with van der Waals surface area (Å²) in [6.45, 7) is 5.89. The zero-order valence-corrected chi connectivity index (χ0v) is 16.7. The highest BCUT2D eigenvalue weighted by atomic mass is 32.2. The molecule has 7 nitrogen and oxygen atoms in total. The fraction of sp³-hybridized carbons (Fsp3) is 0.400. The van der Waals surface area contributed by atoms with E-state index >= 15 is 0 Å². The summed E-state index contributed by atoms with van der Waals surface area (Å²) in [6.07, 6.45) is 0. The number of rotatable bonds is 7. The van der Waals surface area contributed by atoms with Crippen LogP contribution in [0.5, 0.6) is 0 Å². The van der Waals surface area contributed by atoms with Crippen molar-refractivity contribution in [2.45, 2.75) is 30.0 Å². The predicted octanol–water partition coefficient (Wildman–Crippen LogP) is 3.18. The molecule has 136 valence electrons. The molecule has 2 rings (SSSR count). The molecule has 10 heteroatoms. The van der Waals surface area contributed by atoms with Gasteiger partial charge in [-0.1, -0.05) is 43.0 Å². The van der Waals surface area contributed by atoms with Gasteiger partial charge in [0.25, 0.3) is 10.0 Å². The van der Waals surface area contributed by atoms with Crippen LogP contribution in [0.25, 0.3) is 0 Å². The lowest BCUT2D eigenvalue weighted by molar-refractivity contribution is 0.0599. The van der Waals surface area contributed by atoms with Crippen molar-refractivity contribution >= 4 is 44.2 Å². The maximum absolute atomic E-state index is 12.5. The number of nitrogens with zero attached hydrogens (tertiary/aromatic N) is 2. The van der Waals surface area contributed by atoms with E-state index in [1.54, 1.807) is 13.0 Å². The smallest absolute Gasteiger partial charge is 0.338 e. The number of hydrogen-bond donors (Lipinski definition) is 1. The van der Waals surface area contributed by atoms with Crippen molar-refractivity contribution in [3.8, 4) is 0 Å². The largest absolute Gasteiger partial charge is 0.465 e. The Balaban J connectivity index is 2.21. The van der Waals surface area contributed by atoms with E-state index in [0.29, 0.717) is 15.8 Å². The number of hydrogen-bond acceptors (Lipinski definition) is 8. The van der Waals surface area contributed by atoms with Gasteiger partial charge in [-0.15, -0.1) is 10.2 Å². The number of carbonyl (C=O) groups excluding carboxylic acids is 1. The first kappa shape index (κ1) is 19.7. The highest BCUT2D eigenvalue weighted by Crippen LogP contribution is 2.28. The molecule has 0 fully saturated rings. The second kappa shape index (κ2) is 8.15. The highest BCUT2D eigenvalue weighted by molar-refractivity contribution is 8.01. The van der Waals surface area contributed by atoms with E-state index < -0.39 is 16.0 Å². The summed E-state index contributed by atoms with van der Waals surface area (Å²) in [5, 5.41) is 8.02. The molecule has 0 amide bonds. The van der Waals surface area contributed by atoms with Gasteiger partial charge in [-0.2, -0.15) is 0 Å². The van der Waals surface area contributed by atoms with Crippen LogP contribution in [0.3, 0.4) is 0 Å². The molecule has 1 aromatic carbocycles. The minimum Gasteiger partial charge on any atom is -0.465 e. The van der Waals surface area contributed by atoms with Crippen LogP contribution < -0.4 is 4.72 Å². The average molecular weight is 402 g/mol. The molecule has 25 heavy (non-hydrogen) atoms. The van der Waals surface area contributed by atoms with Crippen molar-refractivity contribution in [3.05, 3.63) is 29.3 Å². The molecular weight excluding hydrogens is 382 g/mol. The first-order valence-electron chi connectivity index (χ1n) is 7.41. The number of anilines is 1. The van der Waals surface area contributed by atoms with Crippen LogP contribution in [0.15, 0.2) is 27.4 Å². The summed E-state index contributed by atoms with van der Waals surface area (Å²) in [4.78, 5) is 11.7. The number of nitrogens with one attached hydrogen (secondary N) is 1. The van der Waals surface area contributed by atoms with Gasteiger partial charge in [-0.05, 0) is 30.5 Å². The Bertz CT molecular complexity index is 863. The number of thioether (sulfide) groups is 1. The number of ether oxygens (including phenoxy) is 1. The van der Waals surface area contributed by atoms with Crippen LogP contribution in [-0.2, 0) is 14.8 Å². The van der Waals surface area contributed by atoms with Gasteiger partial charge in [-0.3, -0.25) is 4.72 Å². The quantitative estimate of drug-likeness (QED) is 0.562. The van der Waals surface area contributed by atoms with E-state index in [1.807, 2.05) is 0 Å². The van der Waals surface area contributed by atoms with Crippen molar-refractivity contribution in [3.63, 3.8) is 0 Å². The molecule has 1 heterocycles. The lowest BCUT2D eigenvalue weighted by atomic mass is 10.1. The SMILES string of the molecule is COC(=O)c1cc(S(=O)(=O)Nc2nnc(SCC(C)C)s2)ccc1C. The molecule has 0 radical (unpaired) electrons. The van der Waals surface area contributed by atoms with E-state index in [4.69, 9.17) is 0 Å². The Morgan fingerprint density at radius 2 is 2.08 bits per heavy atom. The second-order valence-corrected chi connectivity index (χ2v) is 9.58. The lowest BCUT2D eigenvalue weighted by Crippen LogP contribution is -2.14. The number of esters is 1. The van der Waals surface area contributed by atoms with Crippen molar-refractivity contribution in [2.75, 3.05) is 17.6 Å². The van der Waals surface area contributed by atoms with Gasteiger partial charge in [0.1, 0.15) is 0 Å². The van der Waals surface area contributed by atoms with Crippen LogP contribution >= 0.6 is 23.1 Å². The van der Waals surface area contributed by atoms with Gasteiger partial charge in [-0.25, -0.2) is 13.2 Å². The number of aryl methyl sites for hydroxylation is 1. The van der Waals surface area contributed by atoms with E-state index in [-0.39, 0.29) is 15.6 Å². The normalized spacial score (nSPS) is 11.6. The Hall–Kier alpha value is -1.65. The summed E-state index contributed by atoms with van der Waals surface area (Å²) < 4.78 is 32.8. The Morgan fingerprint density at radius 1 is 1.36 bits per heavy atom. The van der Waals surface area contributed by atoms with E-state index in [9.17, 15) is 13.2 Å². The van der Waals surface area contributed by atoms with E-state index in [2.05, 4.69) is 33.5 Å². The predicted molar refractivity (Wildman–Crippen MR) is 98.8 cm³/mol. The third-order valence-corrected chi connectivity index (χ3v) is 6.96. The molecule has 0 aliphatic carbocycles. The summed E-state index contributed by atoms with van der Waals surface area (Å²) in [6, 6.07) is 4.28. The number of carbonyl (C=O) groups is 1. The summed E-state index contributed by atoms with van der Waals surface area (Å²) in [7, 11) is -2.62. The topological polar surface area (TPSA) is 98.2 Å². The molecule has 0 aliphatic heterocycles. The van der Waals surface area contributed by atoms with E-state index in [0.717, 1.165) is 5.75 Å². The maximum Gasteiger partial charge on any atom is 0.338 e. The molecule has 0 aliphatic rings. The lowest BCUT2D eigenvalue weighted by Gasteiger charge is -2.08. The van der Waals surface area contributed by atoms with Crippen molar-refractivity contribution in [1.82, 2.24) is 10.2 Å². The van der Waals surface area contributed by atoms with Crippen LogP contribution in [-0.4, -0.2) is 37.4 Å². The maximum atomic E-state index is 12.5. The van der Waals surface area contributed by atoms with Gasteiger partial charge in [0.05, 0.1) is 17.6 Å². The van der Waals surface area contributed by atoms with Crippen LogP contribution in [0, 0.1) is 12.8 Å². The molecule has 0 saturated carbocycles. The standard InChI is InChI=1S/C15H19N3O4S3/c1-9(2)8-23-15-17-16-14(24-15)18-25(20,21)11-6-5-10(3)12(7-11)13(19)22-4/h5-7,9H,8H2,1-4H3,(H,16,18). The fourth-order valence-electron chi connectivity index (χ4n) is 1.82. The number of benzene rings is 1. The molecule has 0 spiro atoms. The van der Waals surface area contributed by atoms with Crippen molar-refractivity contribution in [1.29, 1.82) is 0 Å². The molecule has 0 unspecified atom stereocenters. The van der Waals surface area contributed by atoms with Crippen molar-refractivity contribution in [2.24, 2.45) is 5.92 Å². The van der Waals surface area contributed by atoms with Crippen LogP contribution in [0.1, 0.15) is 29.8 Å². The summed E-state index contributed by atoms with van der Waals surface area (Å²) in [5.74, 6) is 0.790. The first-order valence-corrected chi connectivity index (χ1v) is 10.7. The molecule has 1 aromatic heterocycles. The molecule has 1 N–H and O–H groups in total. The summed E-state index contributed by atoms with van der Waals surface area (Å²) in [5.41, 5.74) is 0.838. The molecule has 0 saturated heterocycles. The minimum atomic E-state index is -3.87. The Labute approximate surface area is 155 Å². The van der Waals surface area contributed by atoms with E-state index in [1.165, 1.54) is 42.3 Å². The monoisotopic (exact) mass is 401 g/mol. The number of sulfonamides is 1. The Morgan fingerprint density at radius 3 is 2.72 bits per heavy atom. The fourth-order valence-corrected chi connectivity index (χ4v) is 4.80. The van der Waals surface area contributed by atoms with Gasteiger partial charge in [0.15, 0.2) is 4.34 Å². The molecule has 0 bridgehead atoms. The molecular formula is C15H19N3O4S3. The van der Waals surface area contributed by atoms with Crippen LogP contribution in [0.4, 0.5) is 5.13 Å². The first-order chi connectivity index (χ1) is 11.7. The minimum absolute atomic E-state index is 0.0370. The van der Waals surface area contributed by atoms with Gasteiger partial charge < -0.3 is 4.74 Å². The number of methoxy groups -OCH3 is 1. The molecule has 0 atom stereocenters. The Kier molecular flexibility index (Phi) is 6.42. The van der Waals surface area contributed by atoms with Gasteiger partial charge in [0.2, 0.25) is 5.13 Å². The third-order valence-electron chi connectivity index (χ3n) is 3.09. The zero-order valence-electron chi connectivity index (χ0n) is 14.3. The highest BCUT2D eigenvalue weighted by Gasteiger charge is 2.20. The summed E-state index contributed by atoms with van der Waals surface area (Å²) >= 11 is 2.70. The van der Waals surface area contributed by atoms with Gasteiger partial charge in [0, 0.05) is 5.75 Å². The number of aromatic nitrogens is 2. The van der Waals surface area contributed by atoms with Crippen LogP contribution in [0.2, 0.25) is 0 Å².